The summed E-state index contributed by atoms with van der Waals surface area (Å²) in [4.78, 5) is 0. The Kier molecular flexibility index (Phi) is 4.52. The Labute approximate surface area is 153 Å². The zero-order chi connectivity index (χ0) is 18.5. The minimum absolute atomic E-state index is 0.119. The highest BCUT2D eigenvalue weighted by molar-refractivity contribution is 5.48. The van der Waals surface area contributed by atoms with Gasteiger partial charge in [0.2, 0.25) is 0 Å². The third kappa shape index (κ3) is 3.36. The lowest BCUT2D eigenvalue weighted by molar-refractivity contribution is 0.331. The molecule has 0 bridgehead atoms. The molecule has 1 saturated carbocycles. The van der Waals surface area contributed by atoms with Crippen LogP contribution < -0.4 is 0 Å². The summed E-state index contributed by atoms with van der Waals surface area (Å²) < 4.78 is 0. The molecule has 0 spiro atoms. The Morgan fingerprint density at radius 3 is 2.36 bits per heavy atom. The predicted octanol–water partition coefficient (Wildman–Crippen LogP) is 5.81. The van der Waals surface area contributed by atoms with Crippen LogP contribution in [0.15, 0.2) is 42.0 Å². The second-order valence-corrected chi connectivity index (χ2v) is 9.75. The summed E-state index contributed by atoms with van der Waals surface area (Å²) in [6.07, 6.45) is 10.1. The van der Waals surface area contributed by atoms with Crippen molar-refractivity contribution in [3.8, 4) is 0 Å². The number of allylic oxidation sites excluding steroid dienone is 3. The van der Waals surface area contributed by atoms with E-state index in [1.807, 2.05) is 6.08 Å². The number of benzene rings is 1. The number of hydrogen-bond acceptors (Lipinski definition) is 1. The zero-order valence-corrected chi connectivity index (χ0v) is 16.8. The second-order valence-electron chi connectivity index (χ2n) is 9.75. The van der Waals surface area contributed by atoms with Gasteiger partial charge in [-0.25, -0.2) is 0 Å². The molecule has 1 aromatic carbocycles. The van der Waals surface area contributed by atoms with Crippen LogP contribution in [0.25, 0.3) is 0 Å². The van der Waals surface area contributed by atoms with Crippen LogP contribution in [0.3, 0.4) is 0 Å². The maximum Gasteiger partial charge on any atom is 0.0617 e. The van der Waals surface area contributed by atoms with Gasteiger partial charge in [-0.1, -0.05) is 76.6 Å². The largest absolute Gasteiger partial charge is 0.392 e. The molecule has 1 N–H and O–H groups in total. The fourth-order valence-corrected chi connectivity index (χ4v) is 4.43. The number of aliphatic hydroxyl groups excluding tert-OH is 1. The summed E-state index contributed by atoms with van der Waals surface area (Å²) in [6.45, 7) is 14.2. The topological polar surface area (TPSA) is 20.2 Å². The van der Waals surface area contributed by atoms with Gasteiger partial charge in [0.15, 0.2) is 0 Å². The smallest absolute Gasteiger partial charge is 0.0617 e. The maximum absolute atomic E-state index is 8.99. The maximum atomic E-state index is 8.99. The lowest BCUT2D eigenvalue weighted by Gasteiger charge is -2.42. The average Bonchev–Trinajstić information content (AvgIpc) is 3.22. The normalized spacial score (nSPS) is 30.4. The van der Waals surface area contributed by atoms with Gasteiger partial charge in [-0.2, -0.15) is 0 Å². The highest BCUT2D eigenvalue weighted by Crippen LogP contribution is 2.56. The quantitative estimate of drug-likeness (QED) is 0.687. The van der Waals surface area contributed by atoms with E-state index in [1.165, 1.54) is 24.8 Å². The van der Waals surface area contributed by atoms with E-state index >= 15 is 0 Å². The van der Waals surface area contributed by atoms with Gasteiger partial charge in [-0.15, -0.1) is 0 Å². The number of rotatable bonds is 4. The summed E-state index contributed by atoms with van der Waals surface area (Å²) in [6, 6.07) is 7.31. The van der Waals surface area contributed by atoms with Crippen molar-refractivity contribution in [3.63, 3.8) is 0 Å². The first-order chi connectivity index (χ1) is 11.6. The molecule has 136 valence electrons. The molecule has 2 aliphatic carbocycles. The first kappa shape index (κ1) is 18.5. The molecular weight excluding hydrogens is 304 g/mol. The van der Waals surface area contributed by atoms with Crippen molar-refractivity contribution in [2.45, 2.75) is 77.0 Å². The highest BCUT2D eigenvalue weighted by atomic mass is 16.2. The summed E-state index contributed by atoms with van der Waals surface area (Å²) >= 11 is 0. The van der Waals surface area contributed by atoms with Crippen LogP contribution in [-0.2, 0) is 16.2 Å². The SMILES string of the molecule is CC(/C=C/[C@@H]1C[C@]1(C)c1ccc2c(c1)C(C)(C)CCC2(C)C)=C\CO. The molecule has 1 heteroatoms. The van der Waals surface area contributed by atoms with Gasteiger partial charge >= 0.3 is 0 Å². The van der Waals surface area contributed by atoms with Gasteiger partial charge in [0.05, 0.1) is 6.61 Å². The first-order valence-electron chi connectivity index (χ1n) is 9.71. The molecule has 0 radical (unpaired) electrons. The Bertz CT molecular complexity index is 720. The van der Waals surface area contributed by atoms with E-state index in [0.717, 1.165) is 5.57 Å². The first-order valence-corrected chi connectivity index (χ1v) is 9.71. The van der Waals surface area contributed by atoms with Crippen molar-refractivity contribution in [1.82, 2.24) is 0 Å². The highest BCUT2D eigenvalue weighted by Gasteiger charge is 2.50. The molecular formula is C24H34O. The van der Waals surface area contributed by atoms with Crippen LogP contribution in [-0.4, -0.2) is 11.7 Å². The van der Waals surface area contributed by atoms with Crippen molar-refractivity contribution >= 4 is 0 Å². The number of aliphatic hydroxyl groups is 1. The molecule has 0 heterocycles. The molecule has 0 amide bonds. The predicted molar refractivity (Wildman–Crippen MR) is 107 cm³/mol. The molecule has 0 aromatic heterocycles. The fraction of sp³-hybridized carbons (Fsp3) is 0.583. The van der Waals surface area contributed by atoms with Crippen LogP contribution >= 0.6 is 0 Å². The van der Waals surface area contributed by atoms with Crippen LogP contribution in [0, 0.1) is 5.92 Å². The summed E-state index contributed by atoms with van der Waals surface area (Å²) in [5.41, 5.74) is 6.58. The molecule has 25 heavy (non-hydrogen) atoms. The summed E-state index contributed by atoms with van der Waals surface area (Å²) in [5.74, 6) is 0.604. The van der Waals surface area contributed by atoms with Gasteiger partial charge in [-0.05, 0) is 65.0 Å². The van der Waals surface area contributed by atoms with Gasteiger partial charge in [-0.3, -0.25) is 0 Å². The molecule has 0 aliphatic heterocycles. The minimum Gasteiger partial charge on any atom is -0.392 e. The van der Waals surface area contributed by atoms with E-state index in [2.05, 4.69) is 71.9 Å². The minimum atomic E-state index is 0.119. The van der Waals surface area contributed by atoms with E-state index in [1.54, 1.807) is 11.1 Å². The van der Waals surface area contributed by atoms with Crippen LogP contribution in [0.4, 0.5) is 0 Å². The van der Waals surface area contributed by atoms with Crippen LogP contribution in [0.2, 0.25) is 0 Å². The summed E-state index contributed by atoms with van der Waals surface area (Å²) in [7, 11) is 0. The third-order valence-electron chi connectivity index (χ3n) is 6.82. The average molecular weight is 339 g/mol. The number of fused-ring (bicyclic) bond motifs is 1. The van der Waals surface area contributed by atoms with E-state index in [9.17, 15) is 0 Å². The van der Waals surface area contributed by atoms with E-state index in [0.29, 0.717) is 11.3 Å². The van der Waals surface area contributed by atoms with Gasteiger partial charge in [0, 0.05) is 0 Å². The zero-order valence-electron chi connectivity index (χ0n) is 16.8. The van der Waals surface area contributed by atoms with Gasteiger partial charge in [0.1, 0.15) is 0 Å². The molecule has 0 saturated heterocycles. The molecule has 0 unspecified atom stereocenters. The molecule has 3 rings (SSSR count). The Morgan fingerprint density at radius 2 is 1.72 bits per heavy atom. The second kappa shape index (κ2) is 6.13. The van der Waals surface area contributed by atoms with Crippen molar-refractivity contribution in [2.75, 3.05) is 6.61 Å². The molecule has 1 nitrogen and oxygen atoms in total. The Balaban J connectivity index is 1.89. The lowest BCUT2D eigenvalue weighted by atomic mass is 9.62. The van der Waals surface area contributed by atoms with E-state index in [-0.39, 0.29) is 17.4 Å². The standard InChI is InChI=1S/C24H34O/c1-17(11-14-25)7-8-19-16-24(19,6)18-9-10-20-21(15-18)23(4,5)13-12-22(20,2)3/h7-11,15,19,25H,12-14,16H2,1-6H3/b8-7+,17-11+/t19-,24-/m1/s1. The monoisotopic (exact) mass is 338 g/mol. The Morgan fingerprint density at radius 1 is 1.08 bits per heavy atom. The third-order valence-corrected chi connectivity index (χ3v) is 6.82. The van der Waals surface area contributed by atoms with Gasteiger partial charge in [0.25, 0.3) is 0 Å². The van der Waals surface area contributed by atoms with Crippen molar-refractivity contribution < 1.29 is 5.11 Å². The van der Waals surface area contributed by atoms with Crippen molar-refractivity contribution in [3.05, 3.63) is 58.7 Å². The number of hydrogen-bond donors (Lipinski definition) is 1. The van der Waals surface area contributed by atoms with Crippen molar-refractivity contribution in [1.29, 1.82) is 0 Å². The van der Waals surface area contributed by atoms with E-state index < -0.39 is 0 Å². The Hall–Kier alpha value is -1.34. The van der Waals surface area contributed by atoms with E-state index in [4.69, 9.17) is 5.11 Å². The molecule has 2 atom stereocenters. The van der Waals surface area contributed by atoms with Gasteiger partial charge < -0.3 is 5.11 Å². The summed E-state index contributed by atoms with van der Waals surface area (Å²) in [5, 5.41) is 8.99. The molecule has 2 aliphatic rings. The van der Waals surface area contributed by atoms with Crippen LogP contribution in [0.5, 0.6) is 0 Å². The van der Waals surface area contributed by atoms with Crippen LogP contribution in [0.1, 0.15) is 77.5 Å². The molecule has 1 fully saturated rings. The lowest BCUT2D eigenvalue weighted by Crippen LogP contribution is -2.34. The fourth-order valence-electron chi connectivity index (χ4n) is 4.43. The molecule has 1 aromatic rings. The van der Waals surface area contributed by atoms with Crippen molar-refractivity contribution in [2.24, 2.45) is 5.92 Å².